The zero-order chi connectivity index (χ0) is 13.6. The molecule has 1 aromatic rings. The number of morpholine rings is 1. The maximum Gasteiger partial charge on any atom is 0.257 e. The summed E-state index contributed by atoms with van der Waals surface area (Å²) in [4.78, 5) is 13.7. The number of amides is 1. The Labute approximate surface area is 112 Å². The third kappa shape index (κ3) is 2.19. The minimum Gasteiger partial charge on any atom is -0.378 e. The topological polar surface area (TPSA) is 61.8 Å². The molecule has 2 heterocycles. The van der Waals surface area contributed by atoms with E-state index >= 15 is 0 Å². The molecule has 2 aliphatic rings. The van der Waals surface area contributed by atoms with Crippen LogP contribution < -0.4 is 10.2 Å². The molecule has 0 aromatic heterocycles. The fourth-order valence-electron chi connectivity index (χ4n) is 2.67. The predicted molar refractivity (Wildman–Crippen MR) is 72.3 cm³/mol. The molecular formula is C14H18N2O3. The van der Waals surface area contributed by atoms with E-state index in [1.807, 2.05) is 18.2 Å². The number of anilines is 2. The van der Waals surface area contributed by atoms with E-state index in [1.54, 1.807) is 0 Å². The van der Waals surface area contributed by atoms with Crippen molar-refractivity contribution in [1.82, 2.24) is 0 Å². The third-order valence-corrected chi connectivity index (χ3v) is 3.63. The van der Waals surface area contributed by atoms with Gasteiger partial charge in [-0.1, -0.05) is 6.07 Å². The first kappa shape index (κ1) is 12.4. The lowest BCUT2D eigenvalue weighted by Crippen LogP contribution is -2.48. The normalized spacial score (nSPS) is 25.1. The van der Waals surface area contributed by atoms with Gasteiger partial charge in [-0.05, 0) is 26.0 Å². The number of ether oxygens (including phenoxy) is 1. The van der Waals surface area contributed by atoms with Gasteiger partial charge in [-0.25, -0.2) is 0 Å². The largest absolute Gasteiger partial charge is 0.378 e. The van der Waals surface area contributed by atoms with Gasteiger partial charge in [-0.3, -0.25) is 4.79 Å². The first-order valence-electron chi connectivity index (χ1n) is 6.48. The SMILES string of the molecule is CC1(C)CN(c2ccc3c(c2)NC(=O)C3O)CCO1. The smallest absolute Gasteiger partial charge is 0.257 e. The van der Waals surface area contributed by atoms with Crippen LogP contribution >= 0.6 is 0 Å². The van der Waals surface area contributed by atoms with Crippen LogP contribution in [0.1, 0.15) is 25.5 Å². The van der Waals surface area contributed by atoms with Crippen LogP contribution in [0.3, 0.4) is 0 Å². The Hall–Kier alpha value is -1.59. The van der Waals surface area contributed by atoms with Gasteiger partial charge in [0.1, 0.15) is 0 Å². The number of rotatable bonds is 1. The Morgan fingerprint density at radius 2 is 2.26 bits per heavy atom. The predicted octanol–water partition coefficient (Wildman–Crippen LogP) is 1.29. The van der Waals surface area contributed by atoms with Crippen molar-refractivity contribution in [3.05, 3.63) is 23.8 Å². The Morgan fingerprint density at radius 3 is 3.00 bits per heavy atom. The maximum absolute atomic E-state index is 11.4. The van der Waals surface area contributed by atoms with E-state index in [4.69, 9.17) is 4.74 Å². The van der Waals surface area contributed by atoms with Gasteiger partial charge in [0.2, 0.25) is 0 Å². The van der Waals surface area contributed by atoms with Crippen molar-refractivity contribution in [2.45, 2.75) is 25.6 Å². The van der Waals surface area contributed by atoms with Crippen molar-refractivity contribution in [2.75, 3.05) is 29.9 Å². The number of aliphatic hydroxyl groups is 1. The summed E-state index contributed by atoms with van der Waals surface area (Å²) < 4.78 is 5.69. The lowest BCUT2D eigenvalue weighted by molar-refractivity contribution is -0.123. The molecule has 102 valence electrons. The summed E-state index contributed by atoms with van der Waals surface area (Å²) in [6.45, 7) is 6.47. The van der Waals surface area contributed by atoms with E-state index in [0.29, 0.717) is 17.9 Å². The monoisotopic (exact) mass is 262 g/mol. The van der Waals surface area contributed by atoms with E-state index in [1.165, 1.54) is 0 Å². The molecule has 0 bridgehead atoms. The van der Waals surface area contributed by atoms with Crippen molar-refractivity contribution in [3.63, 3.8) is 0 Å². The lowest BCUT2D eigenvalue weighted by atomic mass is 10.1. The number of carbonyl (C=O) groups excluding carboxylic acids is 1. The highest BCUT2D eigenvalue weighted by atomic mass is 16.5. The number of hydrogen-bond donors (Lipinski definition) is 2. The average Bonchev–Trinajstić information content (AvgIpc) is 2.63. The highest BCUT2D eigenvalue weighted by Gasteiger charge is 2.31. The summed E-state index contributed by atoms with van der Waals surface area (Å²) in [6.07, 6.45) is -1.04. The highest BCUT2D eigenvalue weighted by Crippen LogP contribution is 2.34. The first-order chi connectivity index (χ1) is 8.96. The number of carbonyl (C=O) groups is 1. The zero-order valence-electron chi connectivity index (χ0n) is 11.1. The number of fused-ring (bicyclic) bond motifs is 1. The molecule has 2 N–H and O–H groups in total. The number of hydrogen-bond acceptors (Lipinski definition) is 4. The Kier molecular flexibility index (Phi) is 2.76. The molecular weight excluding hydrogens is 244 g/mol. The molecule has 0 radical (unpaired) electrons. The van der Waals surface area contributed by atoms with Crippen LogP contribution in [0.4, 0.5) is 11.4 Å². The van der Waals surface area contributed by atoms with Crippen molar-refractivity contribution >= 4 is 17.3 Å². The molecule has 3 rings (SSSR count). The van der Waals surface area contributed by atoms with Crippen LogP contribution in [0.25, 0.3) is 0 Å². The molecule has 1 amide bonds. The van der Waals surface area contributed by atoms with Gasteiger partial charge in [-0.15, -0.1) is 0 Å². The van der Waals surface area contributed by atoms with Crippen molar-refractivity contribution in [1.29, 1.82) is 0 Å². The van der Waals surface area contributed by atoms with Crippen LogP contribution in [0, 0.1) is 0 Å². The fraction of sp³-hybridized carbons (Fsp3) is 0.500. The van der Waals surface area contributed by atoms with E-state index in [-0.39, 0.29) is 11.5 Å². The first-order valence-corrected chi connectivity index (χ1v) is 6.48. The molecule has 1 unspecified atom stereocenters. The summed E-state index contributed by atoms with van der Waals surface area (Å²) in [7, 11) is 0. The van der Waals surface area contributed by atoms with E-state index in [0.717, 1.165) is 18.8 Å². The average molecular weight is 262 g/mol. The van der Waals surface area contributed by atoms with Gasteiger partial charge >= 0.3 is 0 Å². The molecule has 5 heteroatoms. The van der Waals surface area contributed by atoms with Crippen molar-refractivity contribution < 1.29 is 14.6 Å². The van der Waals surface area contributed by atoms with Crippen LogP contribution in [-0.2, 0) is 9.53 Å². The molecule has 2 aliphatic heterocycles. The Balaban J connectivity index is 1.87. The summed E-state index contributed by atoms with van der Waals surface area (Å²) in [5.74, 6) is -0.352. The molecule has 5 nitrogen and oxygen atoms in total. The van der Waals surface area contributed by atoms with Crippen molar-refractivity contribution in [3.8, 4) is 0 Å². The van der Waals surface area contributed by atoms with Gasteiger partial charge in [0.15, 0.2) is 6.10 Å². The van der Waals surface area contributed by atoms with Crippen LogP contribution in [-0.4, -0.2) is 36.3 Å². The summed E-state index contributed by atoms with van der Waals surface area (Å²) in [6, 6.07) is 5.68. The number of benzene rings is 1. The second kappa shape index (κ2) is 4.21. The number of aliphatic hydroxyl groups excluding tert-OH is 1. The zero-order valence-corrected chi connectivity index (χ0v) is 11.1. The van der Waals surface area contributed by atoms with Crippen molar-refractivity contribution in [2.24, 2.45) is 0 Å². The van der Waals surface area contributed by atoms with Gasteiger partial charge in [0.05, 0.1) is 12.2 Å². The van der Waals surface area contributed by atoms with Crippen LogP contribution in [0.5, 0.6) is 0 Å². The minimum atomic E-state index is -1.04. The van der Waals surface area contributed by atoms with Crippen LogP contribution in [0.15, 0.2) is 18.2 Å². The molecule has 1 fully saturated rings. The van der Waals surface area contributed by atoms with Gasteiger partial charge < -0.3 is 20.1 Å². The van der Waals surface area contributed by atoms with Gasteiger partial charge in [-0.2, -0.15) is 0 Å². The Morgan fingerprint density at radius 1 is 1.47 bits per heavy atom. The standard InChI is InChI=1S/C14H18N2O3/c1-14(2)8-16(5-6-19-14)9-3-4-10-11(7-9)15-13(18)12(10)17/h3-4,7,12,17H,5-6,8H2,1-2H3,(H,15,18). The third-order valence-electron chi connectivity index (χ3n) is 3.63. The van der Waals surface area contributed by atoms with Gasteiger partial charge in [0.25, 0.3) is 5.91 Å². The van der Waals surface area contributed by atoms with E-state index in [2.05, 4.69) is 24.1 Å². The maximum atomic E-state index is 11.4. The second-order valence-electron chi connectivity index (χ2n) is 5.69. The Bertz CT molecular complexity index is 527. The summed E-state index contributed by atoms with van der Waals surface area (Å²) >= 11 is 0. The van der Waals surface area contributed by atoms with Crippen LogP contribution in [0.2, 0.25) is 0 Å². The second-order valence-corrected chi connectivity index (χ2v) is 5.69. The molecule has 0 spiro atoms. The summed E-state index contributed by atoms with van der Waals surface area (Å²) in [5.41, 5.74) is 2.24. The van der Waals surface area contributed by atoms with E-state index < -0.39 is 6.10 Å². The summed E-state index contributed by atoms with van der Waals surface area (Å²) in [5, 5.41) is 12.4. The molecule has 19 heavy (non-hydrogen) atoms. The molecule has 0 aliphatic carbocycles. The quantitative estimate of drug-likeness (QED) is 0.800. The van der Waals surface area contributed by atoms with E-state index in [9.17, 15) is 9.90 Å². The molecule has 0 saturated carbocycles. The minimum absolute atomic E-state index is 0.167. The molecule has 1 aromatic carbocycles. The lowest BCUT2D eigenvalue weighted by Gasteiger charge is -2.39. The van der Waals surface area contributed by atoms with Gasteiger partial charge in [0, 0.05) is 30.0 Å². The number of nitrogens with zero attached hydrogens (tertiary/aromatic N) is 1. The molecule has 1 saturated heterocycles. The highest BCUT2D eigenvalue weighted by molar-refractivity contribution is 6.02. The number of nitrogens with one attached hydrogen (secondary N) is 1. The molecule has 1 atom stereocenters. The fourth-order valence-corrected chi connectivity index (χ4v) is 2.67.